The van der Waals surface area contributed by atoms with Crippen LogP contribution < -0.4 is 15.4 Å². The number of carbonyl (C=O) groups excluding carboxylic acids is 3. The molecule has 0 aromatic heterocycles. The van der Waals surface area contributed by atoms with Crippen LogP contribution >= 0.6 is 0 Å². The average Bonchev–Trinajstić information content (AvgIpc) is 3.68. The van der Waals surface area contributed by atoms with Gasteiger partial charge in [0.2, 0.25) is 5.91 Å². The molecule has 2 fully saturated rings. The van der Waals surface area contributed by atoms with E-state index in [0.29, 0.717) is 30.2 Å². The van der Waals surface area contributed by atoms with Gasteiger partial charge in [0.15, 0.2) is 5.78 Å². The number of hydrogen-bond acceptors (Lipinski definition) is 5. The first-order valence-electron chi connectivity index (χ1n) is 14.2. The highest BCUT2D eigenvalue weighted by molar-refractivity contribution is 6.21. The van der Waals surface area contributed by atoms with Crippen LogP contribution in [0.5, 0.6) is 5.75 Å². The van der Waals surface area contributed by atoms with Crippen LogP contribution in [0.4, 0.5) is 11.4 Å². The highest BCUT2D eigenvalue weighted by Crippen LogP contribution is 2.68. The number of anilines is 2. The lowest BCUT2D eigenvalue weighted by Gasteiger charge is -2.43. The standard InChI is InChI=1S/C33H33N3O4/c1-4-18-40-22-14-12-21(13-15-22)29(37)27-26-10-7-17-36(26)33(24-16-11-19(2)20(3)28(24)35-31(33)39)32(27)23-8-5-6-9-25(23)34-30(32)38/h5-6,8-9,11-16,26-27H,4,7,10,17-18H2,1-3H3,(H,34,38)(H,35,39). The monoisotopic (exact) mass is 535 g/mol. The molecular weight excluding hydrogens is 502 g/mol. The highest BCUT2D eigenvalue weighted by atomic mass is 16.5. The Morgan fingerprint density at radius 1 is 0.975 bits per heavy atom. The van der Waals surface area contributed by atoms with Crippen molar-refractivity contribution < 1.29 is 19.1 Å². The van der Waals surface area contributed by atoms with Crippen LogP contribution in [0.1, 0.15) is 58.8 Å². The van der Waals surface area contributed by atoms with E-state index >= 15 is 0 Å². The molecule has 40 heavy (non-hydrogen) atoms. The van der Waals surface area contributed by atoms with E-state index in [2.05, 4.69) is 15.5 Å². The molecule has 0 aliphatic carbocycles. The van der Waals surface area contributed by atoms with E-state index in [1.165, 1.54) is 0 Å². The zero-order valence-corrected chi connectivity index (χ0v) is 23.0. The zero-order chi connectivity index (χ0) is 27.8. The van der Waals surface area contributed by atoms with Gasteiger partial charge in [0.05, 0.1) is 12.5 Å². The number of aryl methyl sites for hydroxylation is 1. The second kappa shape index (κ2) is 8.77. The molecule has 2 saturated heterocycles. The summed E-state index contributed by atoms with van der Waals surface area (Å²) in [6, 6.07) is 18.5. The number of rotatable bonds is 5. The molecule has 0 radical (unpaired) electrons. The van der Waals surface area contributed by atoms with Gasteiger partial charge in [0.1, 0.15) is 16.7 Å². The van der Waals surface area contributed by atoms with Crippen LogP contribution in [-0.4, -0.2) is 41.7 Å². The molecule has 3 aromatic rings. The fourth-order valence-corrected chi connectivity index (χ4v) is 8.01. The molecule has 4 atom stereocenters. The first kappa shape index (κ1) is 25.0. The predicted molar refractivity (Wildman–Crippen MR) is 153 cm³/mol. The Kier molecular flexibility index (Phi) is 5.48. The maximum Gasteiger partial charge on any atom is 0.251 e. The third-order valence-corrected chi connectivity index (χ3v) is 9.70. The summed E-state index contributed by atoms with van der Waals surface area (Å²) in [5.41, 5.74) is 2.73. The van der Waals surface area contributed by atoms with Crippen LogP contribution in [-0.2, 0) is 20.5 Å². The van der Waals surface area contributed by atoms with Crippen molar-refractivity contribution in [1.82, 2.24) is 4.90 Å². The number of nitrogens with one attached hydrogen (secondary N) is 2. The quantitative estimate of drug-likeness (QED) is 0.444. The highest BCUT2D eigenvalue weighted by Gasteiger charge is 2.81. The number of hydrogen-bond donors (Lipinski definition) is 2. The summed E-state index contributed by atoms with van der Waals surface area (Å²) < 4.78 is 5.76. The van der Waals surface area contributed by atoms with Gasteiger partial charge in [0, 0.05) is 28.5 Å². The Labute approximate surface area is 233 Å². The Morgan fingerprint density at radius 3 is 2.52 bits per heavy atom. The SMILES string of the molecule is CCCOc1ccc(C(=O)C2C3CCCN3C3(C(=O)Nc4c3ccc(C)c4C)C23C(=O)Nc2ccccc23)cc1. The number of carbonyl (C=O) groups is 3. The van der Waals surface area contributed by atoms with Gasteiger partial charge < -0.3 is 15.4 Å². The zero-order valence-electron chi connectivity index (χ0n) is 23.0. The number of amides is 2. The molecule has 2 spiro atoms. The minimum atomic E-state index is -1.43. The molecule has 3 aromatic carbocycles. The largest absolute Gasteiger partial charge is 0.494 e. The van der Waals surface area contributed by atoms with E-state index in [-0.39, 0.29) is 23.6 Å². The second-order valence-corrected chi connectivity index (χ2v) is 11.5. The fraction of sp³-hybridized carbons (Fsp3) is 0.364. The van der Waals surface area contributed by atoms with Crippen molar-refractivity contribution in [2.75, 3.05) is 23.8 Å². The number of nitrogens with zero attached hydrogens (tertiary/aromatic N) is 1. The van der Waals surface area contributed by atoms with Gasteiger partial charge in [0.25, 0.3) is 5.91 Å². The van der Waals surface area contributed by atoms with Crippen molar-refractivity contribution in [2.45, 2.75) is 57.0 Å². The molecule has 7 nitrogen and oxygen atoms in total. The molecule has 204 valence electrons. The summed E-state index contributed by atoms with van der Waals surface area (Å²) in [5.74, 6) is -0.677. The Bertz CT molecular complexity index is 1580. The molecule has 4 aliphatic rings. The maximum absolute atomic E-state index is 14.7. The van der Waals surface area contributed by atoms with Crippen LogP contribution in [0.3, 0.4) is 0 Å². The molecule has 4 unspecified atom stereocenters. The number of para-hydroxylation sites is 1. The Balaban J connectivity index is 1.50. The Morgan fingerprint density at radius 2 is 1.75 bits per heavy atom. The van der Waals surface area contributed by atoms with Gasteiger partial charge in [-0.25, -0.2) is 0 Å². The molecule has 7 heteroatoms. The lowest BCUT2D eigenvalue weighted by molar-refractivity contribution is -0.137. The first-order valence-corrected chi connectivity index (χ1v) is 14.2. The van der Waals surface area contributed by atoms with E-state index in [1.807, 2.05) is 69.3 Å². The van der Waals surface area contributed by atoms with Gasteiger partial charge >= 0.3 is 0 Å². The fourth-order valence-electron chi connectivity index (χ4n) is 8.01. The smallest absolute Gasteiger partial charge is 0.251 e. The number of ketones is 1. The van der Waals surface area contributed by atoms with E-state index in [4.69, 9.17) is 4.74 Å². The minimum Gasteiger partial charge on any atom is -0.494 e. The van der Waals surface area contributed by atoms with Gasteiger partial charge in [-0.2, -0.15) is 0 Å². The maximum atomic E-state index is 14.7. The summed E-state index contributed by atoms with van der Waals surface area (Å²) in [6.07, 6.45) is 2.48. The van der Waals surface area contributed by atoms with E-state index in [0.717, 1.165) is 47.2 Å². The summed E-state index contributed by atoms with van der Waals surface area (Å²) in [4.78, 5) is 46.1. The van der Waals surface area contributed by atoms with E-state index in [1.54, 1.807) is 12.1 Å². The predicted octanol–water partition coefficient (Wildman–Crippen LogP) is 5.11. The normalized spacial score (nSPS) is 28.0. The van der Waals surface area contributed by atoms with E-state index in [9.17, 15) is 14.4 Å². The van der Waals surface area contributed by atoms with Crippen LogP contribution in [0.25, 0.3) is 0 Å². The summed E-state index contributed by atoms with van der Waals surface area (Å²) in [6.45, 7) is 7.31. The number of benzene rings is 3. The third kappa shape index (κ3) is 2.91. The third-order valence-electron chi connectivity index (χ3n) is 9.70. The minimum absolute atomic E-state index is 0.118. The van der Waals surface area contributed by atoms with Gasteiger partial charge in [-0.15, -0.1) is 0 Å². The molecule has 4 heterocycles. The second-order valence-electron chi connectivity index (χ2n) is 11.5. The lowest BCUT2D eigenvalue weighted by atomic mass is 9.57. The molecule has 2 N–H and O–H groups in total. The Hall–Kier alpha value is -3.97. The van der Waals surface area contributed by atoms with Crippen LogP contribution in [0.2, 0.25) is 0 Å². The van der Waals surface area contributed by atoms with Crippen molar-refractivity contribution in [3.8, 4) is 5.75 Å². The van der Waals surface area contributed by atoms with Crippen molar-refractivity contribution in [3.63, 3.8) is 0 Å². The lowest BCUT2D eigenvalue weighted by Crippen LogP contribution is -2.62. The van der Waals surface area contributed by atoms with Crippen LogP contribution in [0.15, 0.2) is 60.7 Å². The summed E-state index contributed by atoms with van der Waals surface area (Å²) >= 11 is 0. The molecule has 4 aliphatic heterocycles. The molecule has 0 bridgehead atoms. The molecule has 2 amide bonds. The first-order chi connectivity index (χ1) is 19.4. The molecule has 0 saturated carbocycles. The van der Waals surface area contributed by atoms with Crippen molar-refractivity contribution in [1.29, 1.82) is 0 Å². The van der Waals surface area contributed by atoms with Gasteiger partial charge in [-0.05, 0) is 86.7 Å². The average molecular weight is 536 g/mol. The van der Waals surface area contributed by atoms with Crippen molar-refractivity contribution in [2.24, 2.45) is 5.92 Å². The molecular formula is C33H33N3O4. The van der Waals surface area contributed by atoms with Crippen LogP contribution in [0, 0.1) is 19.8 Å². The summed E-state index contributed by atoms with van der Waals surface area (Å²) in [7, 11) is 0. The van der Waals surface area contributed by atoms with Gasteiger partial charge in [-0.1, -0.05) is 37.3 Å². The number of Topliss-reactive ketones (excluding diaryl/α,β-unsaturated/α-hetero) is 1. The summed E-state index contributed by atoms with van der Waals surface area (Å²) in [5, 5.41) is 6.29. The number of ether oxygens (including phenoxy) is 1. The molecule has 7 rings (SSSR count). The van der Waals surface area contributed by atoms with E-state index < -0.39 is 16.9 Å². The van der Waals surface area contributed by atoms with Crippen molar-refractivity contribution in [3.05, 3.63) is 88.5 Å². The number of fused-ring (bicyclic) bond motifs is 7. The van der Waals surface area contributed by atoms with Crippen molar-refractivity contribution >= 4 is 29.0 Å². The van der Waals surface area contributed by atoms with Gasteiger partial charge in [-0.3, -0.25) is 19.3 Å². The topological polar surface area (TPSA) is 87.7 Å².